The first-order valence-electron chi connectivity index (χ1n) is 10.0. The second kappa shape index (κ2) is 10.3. The molecule has 9 heteroatoms. The van der Waals surface area contributed by atoms with Crippen LogP contribution in [0, 0.1) is 0 Å². The maximum absolute atomic E-state index is 12.3. The molecular formula is C21H28O9. The van der Waals surface area contributed by atoms with E-state index in [1.807, 2.05) is 0 Å². The molecule has 7 atom stereocenters. The van der Waals surface area contributed by atoms with E-state index in [1.165, 1.54) is 18.2 Å². The van der Waals surface area contributed by atoms with Gasteiger partial charge in [-0.2, -0.15) is 0 Å². The normalized spacial score (nSPS) is 34.7. The molecule has 0 unspecified atom stereocenters. The van der Waals surface area contributed by atoms with Crippen LogP contribution in [-0.2, 0) is 19.0 Å². The van der Waals surface area contributed by atoms with Crippen molar-refractivity contribution < 1.29 is 44.5 Å². The summed E-state index contributed by atoms with van der Waals surface area (Å²) in [5.74, 6) is -0.710. The largest absolute Gasteiger partial charge is 0.508 e. The highest BCUT2D eigenvalue weighted by molar-refractivity contribution is 5.87. The van der Waals surface area contributed by atoms with Crippen LogP contribution < -0.4 is 0 Å². The molecule has 1 aliphatic carbocycles. The van der Waals surface area contributed by atoms with Crippen LogP contribution in [-0.4, -0.2) is 81.0 Å². The Kier molecular flexibility index (Phi) is 7.81. The van der Waals surface area contributed by atoms with Crippen LogP contribution in [0.25, 0.3) is 6.08 Å². The molecule has 2 aliphatic rings. The molecule has 30 heavy (non-hydrogen) atoms. The monoisotopic (exact) mass is 424 g/mol. The van der Waals surface area contributed by atoms with E-state index in [1.54, 1.807) is 12.1 Å². The van der Waals surface area contributed by atoms with Gasteiger partial charge in [0, 0.05) is 6.08 Å². The molecule has 1 saturated heterocycles. The second-order valence-electron chi connectivity index (χ2n) is 7.56. The molecular weight excluding hydrogens is 396 g/mol. The highest BCUT2D eigenvalue weighted by atomic mass is 16.7. The minimum atomic E-state index is -1.55. The Balaban J connectivity index is 1.70. The molecule has 9 nitrogen and oxygen atoms in total. The summed E-state index contributed by atoms with van der Waals surface area (Å²) in [4.78, 5) is 12.3. The molecule has 0 radical (unpaired) electrons. The van der Waals surface area contributed by atoms with Gasteiger partial charge < -0.3 is 39.7 Å². The lowest BCUT2D eigenvalue weighted by atomic mass is 9.94. The van der Waals surface area contributed by atoms with Crippen LogP contribution in [0.2, 0.25) is 0 Å². The molecule has 1 saturated carbocycles. The molecule has 166 valence electrons. The molecule has 1 aromatic carbocycles. The van der Waals surface area contributed by atoms with Gasteiger partial charge in [0.15, 0.2) is 12.4 Å². The number of carbonyl (C=O) groups excluding carboxylic acids is 1. The van der Waals surface area contributed by atoms with Gasteiger partial charge >= 0.3 is 5.97 Å². The zero-order valence-electron chi connectivity index (χ0n) is 16.4. The number of rotatable bonds is 6. The Hall–Kier alpha value is -2.01. The molecule has 0 bridgehead atoms. The first-order valence-corrected chi connectivity index (χ1v) is 10.0. The van der Waals surface area contributed by atoms with Gasteiger partial charge in [0.1, 0.15) is 24.1 Å². The quantitative estimate of drug-likeness (QED) is 0.316. The van der Waals surface area contributed by atoms with Gasteiger partial charge in [-0.3, -0.25) is 0 Å². The summed E-state index contributed by atoms with van der Waals surface area (Å²) in [5.41, 5.74) is 0.642. The van der Waals surface area contributed by atoms with E-state index >= 15 is 0 Å². The number of carbonyl (C=O) groups is 1. The van der Waals surface area contributed by atoms with E-state index in [0.29, 0.717) is 18.4 Å². The van der Waals surface area contributed by atoms with Crippen LogP contribution >= 0.6 is 0 Å². The second-order valence-corrected chi connectivity index (χ2v) is 7.56. The fraction of sp³-hybridized carbons (Fsp3) is 0.571. The summed E-state index contributed by atoms with van der Waals surface area (Å²) >= 11 is 0. The summed E-state index contributed by atoms with van der Waals surface area (Å²) in [5, 5.41) is 49.5. The van der Waals surface area contributed by atoms with E-state index < -0.39 is 55.5 Å². The fourth-order valence-electron chi connectivity index (χ4n) is 3.62. The van der Waals surface area contributed by atoms with Crippen molar-refractivity contribution in [2.75, 3.05) is 6.61 Å². The molecule has 1 aliphatic heterocycles. The Morgan fingerprint density at radius 2 is 1.80 bits per heavy atom. The van der Waals surface area contributed by atoms with Crippen LogP contribution in [0.3, 0.4) is 0 Å². The van der Waals surface area contributed by atoms with Crippen molar-refractivity contribution in [2.45, 2.75) is 68.6 Å². The molecule has 1 heterocycles. The Morgan fingerprint density at radius 3 is 2.47 bits per heavy atom. The number of benzene rings is 1. The zero-order chi connectivity index (χ0) is 21.7. The van der Waals surface area contributed by atoms with Crippen LogP contribution in [0.15, 0.2) is 30.3 Å². The number of phenolic OH excluding ortho intramolecular Hbond substituents is 1. The van der Waals surface area contributed by atoms with Gasteiger partial charge in [-0.05, 0) is 36.6 Å². The zero-order valence-corrected chi connectivity index (χ0v) is 16.4. The number of aliphatic hydroxyl groups is 4. The average Bonchev–Trinajstić information content (AvgIpc) is 2.74. The number of hydrogen-bond acceptors (Lipinski definition) is 9. The van der Waals surface area contributed by atoms with Crippen molar-refractivity contribution in [3.8, 4) is 5.75 Å². The summed E-state index contributed by atoms with van der Waals surface area (Å²) in [6.45, 7) is -0.563. The lowest BCUT2D eigenvalue weighted by Gasteiger charge is -2.43. The van der Waals surface area contributed by atoms with Crippen molar-refractivity contribution in [1.29, 1.82) is 0 Å². The molecule has 0 spiro atoms. The van der Waals surface area contributed by atoms with E-state index in [-0.39, 0.29) is 5.75 Å². The number of hydrogen-bond donors (Lipinski definition) is 5. The number of phenols is 1. The minimum Gasteiger partial charge on any atom is -0.508 e. The minimum absolute atomic E-state index is 0.0921. The van der Waals surface area contributed by atoms with Crippen molar-refractivity contribution in [1.82, 2.24) is 0 Å². The number of aromatic hydroxyl groups is 1. The number of aliphatic hydroxyl groups excluding tert-OH is 4. The Morgan fingerprint density at radius 1 is 1.10 bits per heavy atom. The molecule has 0 amide bonds. The van der Waals surface area contributed by atoms with Gasteiger partial charge in [0.05, 0.1) is 18.8 Å². The van der Waals surface area contributed by atoms with Gasteiger partial charge in [-0.15, -0.1) is 0 Å². The fourth-order valence-corrected chi connectivity index (χ4v) is 3.62. The van der Waals surface area contributed by atoms with Crippen molar-refractivity contribution in [2.24, 2.45) is 0 Å². The predicted octanol–water partition coefficient (Wildman–Crippen LogP) is 0.0763. The van der Waals surface area contributed by atoms with E-state index in [2.05, 4.69) is 0 Å². The smallest absolute Gasteiger partial charge is 0.331 e. The van der Waals surface area contributed by atoms with Crippen LogP contribution in [0.5, 0.6) is 5.75 Å². The lowest BCUT2D eigenvalue weighted by molar-refractivity contribution is -0.320. The number of ether oxygens (including phenoxy) is 3. The first-order chi connectivity index (χ1) is 14.4. The lowest BCUT2D eigenvalue weighted by Crippen LogP contribution is -2.61. The summed E-state index contributed by atoms with van der Waals surface area (Å²) in [6.07, 6.45) is -2.59. The van der Waals surface area contributed by atoms with Crippen molar-refractivity contribution >= 4 is 12.0 Å². The van der Waals surface area contributed by atoms with Gasteiger partial charge in [-0.1, -0.05) is 25.0 Å². The van der Waals surface area contributed by atoms with Crippen LogP contribution in [0.4, 0.5) is 0 Å². The summed E-state index contributed by atoms with van der Waals surface area (Å²) in [6, 6.07) is 6.14. The average molecular weight is 424 g/mol. The first kappa shape index (κ1) is 22.7. The number of esters is 1. The maximum atomic E-state index is 12.3. The standard InChI is InChI=1S/C21H28O9/c22-11-16-18(26)19(27)20(21(29-16)28-15-4-2-1-3-14(15)24)30-17(25)10-7-12-5-8-13(23)9-6-12/h5-10,14-16,18-24,26-27H,1-4,11H2/b10-7+/t14-,15+,16+,18+,19-,20+,21+/m0/s1. The molecule has 5 N–H and O–H groups in total. The van der Waals surface area contributed by atoms with Crippen molar-refractivity contribution in [3.05, 3.63) is 35.9 Å². The van der Waals surface area contributed by atoms with Gasteiger partial charge in [0.2, 0.25) is 0 Å². The Labute approximate surface area is 174 Å². The highest BCUT2D eigenvalue weighted by Gasteiger charge is 2.48. The highest BCUT2D eigenvalue weighted by Crippen LogP contribution is 2.29. The molecule has 0 aromatic heterocycles. The van der Waals surface area contributed by atoms with E-state index in [4.69, 9.17) is 14.2 Å². The molecule has 2 fully saturated rings. The van der Waals surface area contributed by atoms with E-state index in [0.717, 1.165) is 18.9 Å². The van der Waals surface area contributed by atoms with Gasteiger partial charge in [-0.25, -0.2) is 4.79 Å². The van der Waals surface area contributed by atoms with Crippen LogP contribution in [0.1, 0.15) is 31.2 Å². The predicted molar refractivity (Wildman–Crippen MR) is 104 cm³/mol. The molecule has 3 rings (SSSR count). The third-order valence-electron chi connectivity index (χ3n) is 5.36. The topological polar surface area (TPSA) is 146 Å². The third-order valence-corrected chi connectivity index (χ3v) is 5.36. The van der Waals surface area contributed by atoms with Gasteiger partial charge in [0.25, 0.3) is 0 Å². The Bertz CT molecular complexity index is 720. The summed E-state index contributed by atoms with van der Waals surface area (Å²) < 4.78 is 16.6. The third kappa shape index (κ3) is 5.57. The SMILES string of the molecule is O=C(/C=C/c1ccc(O)cc1)O[C@H]1[C@H](O[C@@H]2CCCC[C@@H]2O)O[C@H](CO)[C@@H](O)[C@@H]1O. The van der Waals surface area contributed by atoms with E-state index in [9.17, 15) is 30.3 Å². The van der Waals surface area contributed by atoms with Crippen molar-refractivity contribution in [3.63, 3.8) is 0 Å². The summed E-state index contributed by atoms with van der Waals surface area (Å²) in [7, 11) is 0. The molecule has 1 aromatic rings. The maximum Gasteiger partial charge on any atom is 0.331 e.